The number of carbonyl (C=O) groups is 1. The van der Waals surface area contributed by atoms with Crippen molar-refractivity contribution in [1.29, 1.82) is 0 Å². The second kappa shape index (κ2) is 6.58. The van der Waals surface area contributed by atoms with Gasteiger partial charge < -0.3 is 20.1 Å². The molecule has 0 saturated carbocycles. The Morgan fingerprint density at radius 3 is 2.54 bits per heavy atom. The van der Waals surface area contributed by atoms with Crippen molar-refractivity contribution in [2.75, 3.05) is 12.4 Å². The van der Waals surface area contributed by atoms with Gasteiger partial charge in [-0.1, -0.05) is 12.1 Å². The van der Waals surface area contributed by atoms with Gasteiger partial charge in [-0.25, -0.2) is 0 Å². The van der Waals surface area contributed by atoms with Crippen LogP contribution in [-0.2, 0) is 4.79 Å². The van der Waals surface area contributed by atoms with E-state index in [1.54, 1.807) is 30.5 Å². The molecule has 0 radical (unpaired) electrons. The fourth-order valence-electron chi connectivity index (χ4n) is 3.29. The van der Waals surface area contributed by atoms with Crippen LogP contribution in [0.15, 0.2) is 48.7 Å². The fourth-order valence-corrected chi connectivity index (χ4v) is 3.29. The summed E-state index contributed by atoms with van der Waals surface area (Å²) in [6, 6.07) is 10.6. The monoisotopic (exact) mass is 377 g/mol. The molecular weight excluding hydrogens is 362 g/mol. The van der Waals surface area contributed by atoms with E-state index >= 15 is 0 Å². The van der Waals surface area contributed by atoms with E-state index < -0.39 is 4.92 Å². The number of hydrogen-bond donors (Lipinski definition) is 3. The molecular formula is C20H15N3O5. The van der Waals surface area contributed by atoms with Crippen molar-refractivity contribution in [3.8, 4) is 22.6 Å². The van der Waals surface area contributed by atoms with Crippen LogP contribution in [-0.4, -0.2) is 28.0 Å². The number of fused-ring (bicyclic) bond motifs is 1. The van der Waals surface area contributed by atoms with Crippen LogP contribution in [0.5, 0.6) is 11.5 Å². The van der Waals surface area contributed by atoms with E-state index in [1.807, 2.05) is 0 Å². The lowest BCUT2D eigenvalue weighted by Crippen LogP contribution is -2.03. The third-order valence-corrected chi connectivity index (χ3v) is 4.55. The Morgan fingerprint density at radius 2 is 1.86 bits per heavy atom. The minimum Gasteiger partial charge on any atom is -0.508 e. The zero-order valence-electron chi connectivity index (χ0n) is 14.7. The van der Waals surface area contributed by atoms with Gasteiger partial charge in [0.2, 0.25) is 0 Å². The van der Waals surface area contributed by atoms with Crippen LogP contribution in [0.2, 0.25) is 0 Å². The number of aromatic hydroxyl groups is 1. The number of hydrogen-bond acceptors (Lipinski definition) is 5. The third-order valence-electron chi connectivity index (χ3n) is 4.55. The van der Waals surface area contributed by atoms with Crippen LogP contribution in [0.25, 0.3) is 22.8 Å². The lowest BCUT2D eigenvalue weighted by Gasteiger charge is -2.10. The quantitative estimate of drug-likeness (QED) is 0.363. The number of H-pyrrole nitrogens is 1. The predicted octanol–water partition coefficient (Wildman–Crippen LogP) is 3.80. The van der Waals surface area contributed by atoms with Crippen molar-refractivity contribution >= 4 is 28.9 Å². The highest BCUT2D eigenvalue weighted by molar-refractivity contribution is 6.36. The molecule has 2 aromatic carbocycles. The zero-order chi connectivity index (χ0) is 19.8. The number of aromatic amines is 1. The fraction of sp³-hybridized carbons (Fsp3) is 0.0500. The van der Waals surface area contributed by atoms with Crippen LogP contribution in [0.1, 0.15) is 11.3 Å². The summed E-state index contributed by atoms with van der Waals surface area (Å²) < 4.78 is 5.27. The average Bonchev–Trinajstić information content (AvgIpc) is 3.26. The minimum absolute atomic E-state index is 0.0417. The van der Waals surface area contributed by atoms with E-state index in [0.717, 1.165) is 0 Å². The lowest BCUT2D eigenvalue weighted by atomic mass is 9.92. The van der Waals surface area contributed by atoms with Crippen LogP contribution >= 0.6 is 0 Å². The van der Waals surface area contributed by atoms with Gasteiger partial charge in [-0.05, 0) is 35.9 Å². The Labute approximate surface area is 159 Å². The van der Waals surface area contributed by atoms with Gasteiger partial charge >= 0.3 is 0 Å². The highest BCUT2D eigenvalue weighted by atomic mass is 16.6. The molecule has 0 spiro atoms. The van der Waals surface area contributed by atoms with Crippen molar-refractivity contribution < 1.29 is 19.6 Å². The summed E-state index contributed by atoms with van der Waals surface area (Å²) in [5, 5.41) is 24.0. The number of nitrogens with zero attached hydrogens (tertiary/aromatic N) is 1. The Balaban J connectivity index is 2.00. The van der Waals surface area contributed by atoms with Crippen molar-refractivity contribution in [3.63, 3.8) is 0 Å². The van der Waals surface area contributed by atoms with E-state index in [1.165, 1.54) is 31.4 Å². The Bertz CT molecular complexity index is 1130. The molecule has 3 N–H and O–H groups in total. The Hall–Kier alpha value is -4.07. The summed E-state index contributed by atoms with van der Waals surface area (Å²) in [7, 11) is 1.51. The maximum absolute atomic E-state index is 12.6. The molecule has 0 saturated heterocycles. The summed E-state index contributed by atoms with van der Waals surface area (Å²) in [6.45, 7) is 0. The number of rotatable bonds is 4. The molecule has 1 aliphatic heterocycles. The van der Waals surface area contributed by atoms with Gasteiger partial charge in [-0.3, -0.25) is 14.9 Å². The van der Waals surface area contributed by atoms with Gasteiger partial charge in [0.25, 0.3) is 11.6 Å². The number of phenols is 1. The second-order valence-electron chi connectivity index (χ2n) is 6.16. The summed E-state index contributed by atoms with van der Waals surface area (Å²) in [5.41, 5.74) is 2.45. The number of methoxy groups -OCH3 is 1. The number of ether oxygens (including phenoxy) is 1. The van der Waals surface area contributed by atoms with E-state index in [-0.39, 0.29) is 22.9 Å². The molecule has 140 valence electrons. The van der Waals surface area contributed by atoms with Crippen LogP contribution in [0, 0.1) is 10.1 Å². The number of aromatic nitrogens is 1. The summed E-state index contributed by atoms with van der Waals surface area (Å²) in [6.07, 6.45) is 3.28. The van der Waals surface area contributed by atoms with E-state index in [0.29, 0.717) is 33.8 Å². The molecule has 0 bridgehead atoms. The first-order valence-corrected chi connectivity index (χ1v) is 8.35. The maximum Gasteiger partial charge on any atom is 0.277 e. The summed E-state index contributed by atoms with van der Waals surface area (Å²) >= 11 is 0. The SMILES string of the molecule is COc1cc[nH]c1/C=C1\C(=O)Nc2ccc([N+](=O)[O-])c(-c3ccc(O)cc3)c21. The molecule has 3 aromatic rings. The Kier molecular flexibility index (Phi) is 4.08. The van der Waals surface area contributed by atoms with E-state index in [9.17, 15) is 20.0 Å². The first-order chi connectivity index (χ1) is 13.5. The zero-order valence-corrected chi connectivity index (χ0v) is 14.7. The van der Waals surface area contributed by atoms with Gasteiger partial charge in [0, 0.05) is 17.8 Å². The average molecular weight is 377 g/mol. The second-order valence-corrected chi connectivity index (χ2v) is 6.16. The molecule has 2 heterocycles. The topological polar surface area (TPSA) is 117 Å². The van der Waals surface area contributed by atoms with Gasteiger partial charge in [0.15, 0.2) is 0 Å². The largest absolute Gasteiger partial charge is 0.508 e. The molecule has 0 unspecified atom stereocenters. The number of nitrogens with one attached hydrogen (secondary N) is 2. The van der Waals surface area contributed by atoms with Gasteiger partial charge in [0.1, 0.15) is 11.5 Å². The highest BCUT2D eigenvalue weighted by Crippen LogP contribution is 2.45. The highest BCUT2D eigenvalue weighted by Gasteiger charge is 2.32. The number of nitro benzene ring substituents is 1. The Morgan fingerprint density at radius 1 is 1.11 bits per heavy atom. The molecule has 8 heteroatoms. The first kappa shape index (κ1) is 17.3. The van der Waals surface area contributed by atoms with Gasteiger partial charge in [-0.15, -0.1) is 0 Å². The number of nitro groups is 1. The predicted molar refractivity (Wildman–Crippen MR) is 104 cm³/mol. The van der Waals surface area contributed by atoms with Gasteiger partial charge in [0.05, 0.1) is 34.6 Å². The summed E-state index contributed by atoms with van der Waals surface area (Å²) in [5.74, 6) is 0.220. The first-order valence-electron chi connectivity index (χ1n) is 8.35. The number of amides is 1. The minimum atomic E-state index is -0.488. The van der Waals surface area contributed by atoms with E-state index in [2.05, 4.69) is 10.3 Å². The number of carbonyl (C=O) groups excluding carboxylic acids is 1. The van der Waals surface area contributed by atoms with Crippen molar-refractivity contribution in [2.45, 2.75) is 0 Å². The van der Waals surface area contributed by atoms with Gasteiger partial charge in [-0.2, -0.15) is 0 Å². The number of benzene rings is 2. The molecule has 28 heavy (non-hydrogen) atoms. The number of phenolic OH excluding ortho intramolecular Hbond substituents is 1. The molecule has 1 aliphatic rings. The van der Waals surface area contributed by atoms with Crippen molar-refractivity contribution in [3.05, 3.63) is 70.0 Å². The molecule has 1 aromatic heterocycles. The molecule has 1 amide bonds. The maximum atomic E-state index is 12.6. The van der Waals surface area contributed by atoms with E-state index in [4.69, 9.17) is 4.74 Å². The lowest BCUT2D eigenvalue weighted by molar-refractivity contribution is -0.384. The molecule has 4 rings (SSSR count). The van der Waals surface area contributed by atoms with Crippen molar-refractivity contribution in [1.82, 2.24) is 4.98 Å². The standard InChI is InChI=1S/C20H15N3O5/c1-28-17-8-9-21-15(17)10-13-19-14(22-20(13)25)6-7-16(23(26)27)18(19)11-2-4-12(24)5-3-11/h2-10,21,24H,1H3,(H,22,25)/b13-10-. The van der Waals surface area contributed by atoms with Crippen LogP contribution in [0.4, 0.5) is 11.4 Å². The molecule has 0 fully saturated rings. The van der Waals surface area contributed by atoms with Crippen molar-refractivity contribution in [2.24, 2.45) is 0 Å². The summed E-state index contributed by atoms with van der Waals surface area (Å²) in [4.78, 5) is 26.8. The molecule has 8 nitrogen and oxygen atoms in total. The normalized spacial score (nSPS) is 14.0. The number of anilines is 1. The smallest absolute Gasteiger partial charge is 0.277 e. The van der Waals surface area contributed by atoms with Crippen LogP contribution in [0.3, 0.4) is 0 Å². The molecule has 0 atom stereocenters. The third kappa shape index (κ3) is 2.77. The van der Waals surface area contributed by atoms with Crippen LogP contribution < -0.4 is 10.1 Å². The molecule has 0 aliphatic carbocycles.